The molecule has 0 amide bonds. The van der Waals surface area contributed by atoms with Crippen molar-refractivity contribution in [2.75, 3.05) is 14.1 Å². The molecule has 5 rings (SSSR count). The molecule has 1 aliphatic rings. The number of thiazole rings is 1. The molecule has 1 aliphatic heterocycles. The summed E-state index contributed by atoms with van der Waals surface area (Å²) in [4.78, 5) is 17.8. The monoisotopic (exact) mass is 397 g/mol. The molecule has 4 aromatic heterocycles. The summed E-state index contributed by atoms with van der Waals surface area (Å²) in [5.41, 5.74) is 6.38. The van der Waals surface area contributed by atoms with Gasteiger partial charge in [-0.15, -0.1) is 16.9 Å². The van der Waals surface area contributed by atoms with Gasteiger partial charge < -0.3 is 4.57 Å². The first kappa shape index (κ1) is 17.0. The molecule has 4 aromatic rings. The lowest BCUT2D eigenvalue weighted by Gasteiger charge is -2.17. The molecule has 144 valence electrons. The predicted molar refractivity (Wildman–Crippen MR) is 106 cm³/mol. The second kappa shape index (κ2) is 6.17. The van der Waals surface area contributed by atoms with Gasteiger partial charge in [-0.3, -0.25) is 19.9 Å². The fraction of sp³-hybridized carbons (Fsp3) is 0.294. The Kier molecular flexibility index (Phi) is 3.74. The molecule has 0 saturated heterocycles. The van der Waals surface area contributed by atoms with Gasteiger partial charge in [0.05, 0.1) is 23.1 Å². The summed E-state index contributed by atoms with van der Waals surface area (Å²) in [5, 5.41) is 16.9. The number of aromatic amines is 1. The van der Waals surface area contributed by atoms with E-state index >= 15 is 0 Å². The SMILES string of the molecule is CN1C=C(Cn2ncc3c4sc(Cc5ccn[nH]5)nc4n(C)c3c2=O)N(C)N1. The van der Waals surface area contributed by atoms with Crippen LogP contribution in [-0.2, 0) is 20.0 Å². The van der Waals surface area contributed by atoms with Gasteiger partial charge in [-0.05, 0) is 6.07 Å². The number of rotatable bonds is 4. The Morgan fingerprint density at radius 3 is 2.82 bits per heavy atom. The number of hydrazine groups is 2. The number of hydrogen-bond donors (Lipinski definition) is 2. The highest BCUT2D eigenvalue weighted by molar-refractivity contribution is 7.19. The minimum Gasteiger partial charge on any atom is -0.323 e. The van der Waals surface area contributed by atoms with Crippen molar-refractivity contribution in [3.05, 3.63) is 51.4 Å². The molecule has 0 spiro atoms. The summed E-state index contributed by atoms with van der Waals surface area (Å²) in [5.74, 6) is 0. The van der Waals surface area contributed by atoms with E-state index in [4.69, 9.17) is 4.98 Å². The van der Waals surface area contributed by atoms with Crippen LogP contribution in [0.5, 0.6) is 0 Å². The Bertz CT molecular complexity index is 1260. The number of nitrogens with zero attached hydrogens (tertiary/aromatic N) is 7. The lowest BCUT2D eigenvalue weighted by atomic mass is 10.3. The van der Waals surface area contributed by atoms with Crippen LogP contribution in [0.1, 0.15) is 10.7 Å². The molecule has 0 saturated carbocycles. The number of H-pyrrole nitrogens is 1. The molecule has 2 N–H and O–H groups in total. The molecule has 5 heterocycles. The van der Waals surface area contributed by atoms with Crippen LogP contribution >= 0.6 is 11.3 Å². The maximum Gasteiger partial charge on any atom is 0.291 e. The third-order valence-corrected chi connectivity index (χ3v) is 5.94. The van der Waals surface area contributed by atoms with E-state index in [1.807, 2.05) is 48.0 Å². The molecular formula is C17H19N9OS. The van der Waals surface area contributed by atoms with Crippen molar-refractivity contribution < 1.29 is 0 Å². The summed E-state index contributed by atoms with van der Waals surface area (Å²) >= 11 is 1.59. The Hall–Kier alpha value is -3.18. The molecule has 0 fully saturated rings. The van der Waals surface area contributed by atoms with Crippen LogP contribution in [0.3, 0.4) is 0 Å². The summed E-state index contributed by atoms with van der Waals surface area (Å²) in [6, 6.07) is 1.94. The van der Waals surface area contributed by atoms with Crippen molar-refractivity contribution in [1.82, 2.24) is 45.1 Å². The Morgan fingerprint density at radius 2 is 2.11 bits per heavy atom. The van der Waals surface area contributed by atoms with Crippen LogP contribution in [-0.4, -0.2) is 53.6 Å². The summed E-state index contributed by atoms with van der Waals surface area (Å²) in [7, 11) is 5.69. The predicted octanol–water partition coefficient (Wildman–Crippen LogP) is 0.797. The van der Waals surface area contributed by atoms with Crippen molar-refractivity contribution in [3.8, 4) is 0 Å². The minimum atomic E-state index is -0.121. The van der Waals surface area contributed by atoms with Gasteiger partial charge >= 0.3 is 0 Å². The van der Waals surface area contributed by atoms with Crippen molar-refractivity contribution >= 4 is 32.6 Å². The van der Waals surface area contributed by atoms with E-state index < -0.39 is 0 Å². The Balaban J connectivity index is 1.56. The van der Waals surface area contributed by atoms with Crippen molar-refractivity contribution in [1.29, 1.82) is 0 Å². The van der Waals surface area contributed by atoms with Crippen molar-refractivity contribution in [2.24, 2.45) is 7.05 Å². The zero-order chi connectivity index (χ0) is 19.4. The number of nitrogens with one attached hydrogen (secondary N) is 2. The number of likely N-dealkylation sites (N-methyl/N-ethyl adjacent to an activating group) is 1. The first-order valence-electron chi connectivity index (χ1n) is 8.77. The molecule has 0 aliphatic carbocycles. The van der Waals surface area contributed by atoms with Crippen LogP contribution < -0.4 is 11.1 Å². The number of aryl methyl sites for hydroxylation is 1. The summed E-state index contributed by atoms with van der Waals surface area (Å²) in [6.07, 6.45) is 6.12. The molecule has 0 aromatic carbocycles. The van der Waals surface area contributed by atoms with E-state index in [2.05, 4.69) is 20.8 Å². The van der Waals surface area contributed by atoms with Crippen LogP contribution in [0, 0.1) is 0 Å². The highest BCUT2D eigenvalue weighted by atomic mass is 32.1. The second-order valence-corrected chi connectivity index (χ2v) is 7.92. The van der Waals surface area contributed by atoms with Gasteiger partial charge in [0.25, 0.3) is 5.56 Å². The van der Waals surface area contributed by atoms with E-state index in [0.717, 1.165) is 32.1 Å². The third kappa shape index (κ3) is 2.59. The standard InChI is InChI=1S/C17H19N9OS/c1-23-8-11(25(3)22-23)9-26-17(27)14-12(7-19-26)15-16(24(14)2)20-13(28-15)6-10-4-5-18-21-10/h4-5,7-8,22H,6,9H2,1-3H3,(H,18,21). The lowest BCUT2D eigenvalue weighted by Crippen LogP contribution is -2.37. The van der Waals surface area contributed by atoms with Crippen molar-refractivity contribution in [2.45, 2.75) is 13.0 Å². The van der Waals surface area contributed by atoms with Crippen LogP contribution in [0.25, 0.3) is 21.3 Å². The van der Waals surface area contributed by atoms with Gasteiger partial charge in [0.1, 0.15) is 10.5 Å². The fourth-order valence-corrected chi connectivity index (χ4v) is 4.64. The quantitative estimate of drug-likeness (QED) is 0.525. The van der Waals surface area contributed by atoms with Gasteiger partial charge in [0.2, 0.25) is 0 Å². The van der Waals surface area contributed by atoms with Crippen LogP contribution in [0.2, 0.25) is 0 Å². The van der Waals surface area contributed by atoms with E-state index in [1.54, 1.807) is 23.7 Å². The van der Waals surface area contributed by atoms with Gasteiger partial charge in [0, 0.05) is 51.0 Å². The van der Waals surface area contributed by atoms with Gasteiger partial charge in [-0.1, -0.05) is 0 Å². The molecule has 0 unspecified atom stereocenters. The molecular weight excluding hydrogens is 378 g/mol. The van der Waals surface area contributed by atoms with Gasteiger partial charge in [-0.2, -0.15) is 10.2 Å². The second-order valence-electron chi connectivity index (χ2n) is 6.84. The van der Waals surface area contributed by atoms with E-state index in [-0.39, 0.29) is 5.56 Å². The first-order valence-corrected chi connectivity index (χ1v) is 9.58. The first-order chi connectivity index (χ1) is 13.5. The largest absolute Gasteiger partial charge is 0.323 e. The maximum absolute atomic E-state index is 13.1. The number of allylic oxidation sites excluding steroid dienone is 1. The van der Waals surface area contributed by atoms with Gasteiger partial charge in [-0.25, -0.2) is 9.67 Å². The number of fused-ring (bicyclic) bond motifs is 3. The zero-order valence-corrected chi connectivity index (χ0v) is 16.5. The Morgan fingerprint density at radius 1 is 1.25 bits per heavy atom. The highest BCUT2D eigenvalue weighted by Gasteiger charge is 2.20. The van der Waals surface area contributed by atoms with E-state index in [0.29, 0.717) is 18.5 Å². The fourth-order valence-electron chi connectivity index (χ4n) is 3.51. The van der Waals surface area contributed by atoms with Crippen LogP contribution in [0.15, 0.2) is 35.2 Å². The summed E-state index contributed by atoms with van der Waals surface area (Å²) < 4.78 is 4.35. The topological polar surface area (TPSA) is 99.9 Å². The summed E-state index contributed by atoms with van der Waals surface area (Å²) in [6.45, 7) is 0.389. The highest BCUT2D eigenvalue weighted by Crippen LogP contribution is 2.31. The lowest BCUT2D eigenvalue weighted by molar-refractivity contribution is 0.177. The maximum atomic E-state index is 13.1. The Labute approximate surface area is 163 Å². The third-order valence-electron chi connectivity index (χ3n) is 4.86. The van der Waals surface area contributed by atoms with E-state index in [1.165, 1.54) is 4.68 Å². The normalized spacial score (nSPS) is 14.6. The average Bonchev–Trinajstić information content (AvgIpc) is 3.40. The van der Waals surface area contributed by atoms with Gasteiger partial charge in [0.15, 0.2) is 5.65 Å². The average molecular weight is 397 g/mol. The smallest absolute Gasteiger partial charge is 0.291 e. The zero-order valence-electron chi connectivity index (χ0n) is 15.7. The van der Waals surface area contributed by atoms with E-state index in [9.17, 15) is 4.79 Å². The number of hydrogen-bond acceptors (Lipinski definition) is 8. The van der Waals surface area contributed by atoms with Crippen molar-refractivity contribution in [3.63, 3.8) is 0 Å². The molecule has 28 heavy (non-hydrogen) atoms. The minimum absolute atomic E-state index is 0.121. The molecule has 11 heteroatoms. The molecule has 0 radical (unpaired) electrons. The number of aromatic nitrogens is 6. The molecule has 10 nitrogen and oxygen atoms in total. The molecule has 0 atom stereocenters. The van der Waals surface area contributed by atoms with Crippen LogP contribution in [0.4, 0.5) is 0 Å². The molecule has 0 bridgehead atoms.